The molecule has 0 spiro atoms. The van der Waals surface area contributed by atoms with Gasteiger partial charge in [-0.2, -0.15) is 13.2 Å². The number of carbonyl (C=O) groups is 2. The zero-order valence-corrected chi connectivity index (χ0v) is 21.7. The smallest absolute Gasteiger partial charge is 0.416 e. The second kappa shape index (κ2) is 12.0. The SMILES string of the molecule is COCO[C@@H](c1ccc(C(F)(F)F)cc1)[C@@H](CN(C(=O)O)c1ncc(Br)s1)NC(=O)OC(C)(C)C. The van der Waals surface area contributed by atoms with E-state index in [1.54, 1.807) is 20.8 Å². The van der Waals surface area contributed by atoms with Crippen LogP contribution >= 0.6 is 27.3 Å². The van der Waals surface area contributed by atoms with Crippen molar-refractivity contribution in [3.63, 3.8) is 0 Å². The molecular formula is C21H25BrF3N3O6S. The third-order valence-electron chi connectivity index (χ3n) is 4.31. The van der Waals surface area contributed by atoms with Crippen molar-refractivity contribution in [1.82, 2.24) is 10.3 Å². The van der Waals surface area contributed by atoms with Gasteiger partial charge in [-0.15, -0.1) is 0 Å². The average molecular weight is 584 g/mol. The van der Waals surface area contributed by atoms with Gasteiger partial charge < -0.3 is 24.6 Å². The van der Waals surface area contributed by atoms with Gasteiger partial charge in [0.25, 0.3) is 0 Å². The zero-order chi connectivity index (χ0) is 26.4. The second-order valence-corrected chi connectivity index (χ2v) is 10.6. The molecule has 2 N–H and O–H groups in total. The van der Waals surface area contributed by atoms with Crippen molar-refractivity contribution in [2.75, 3.05) is 25.3 Å². The van der Waals surface area contributed by atoms with Crippen LogP contribution in [0.25, 0.3) is 0 Å². The van der Waals surface area contributed by atoms with E-state index < -0.39 is 41.7 Å². The molecule has 2 amide bonds. The van der Waals surface area contributed by atoms with Crippen molar-refractivity contribution in [3.05, 3.63) is 45.4 Å². The van der Waals surface area contributed by atoms with Crippen LogP contribution < -0.4 is 10.2 Å². The van der Waals surface area contributed by atoms with Crippen LogP contribution in [0.2, 0.25) is 0 Å². The maximum Gasteiger partial charge on any atom is 0.416 e. The number of nitrogens with one attached hydrogen (secondary N) is 1. The first-order valence-electron chi connectivity index (χ1n) is 10.1. The number of amides is 2. The summed E-state index contributed by atoms with van der Waals surface area (Å²) in [6.45, 7) is 4.30. The fraction of sp³-hybridized carbons (Fsp3) is 0.476. The van der Waals surface area contributed by atoms with Gasteiger partial charge in [0.2, 0.25) is 0 Å². The largest absolute Gasteiger partial charge is 0.465 e. The summed E-state index contributed by atoms with van der Waals surface area (Å²) < 4.78 is 55.7. The number of rotatable bonds is 9. The van der Waals surface area contributed by atoms with Crippen molar-refractivity contribution < 1.29 is 42.1 Å². The van der Waals surface area contributed by atoms with E-state index in [1.807, 2.05) is 0 Å². The molecule has 2 atom stereocenters. The Labute approximate surface area is 212 Å². The molecule has 0 saturated heterocycles. The minimum Gasteiger partial charge on any atom is -0.465 e. The summed E-state index contributed by atoms with van der Waals surface area (Å²) in [7, 11) is 1.34. The van der Waals surface area contributed by atoms with Crippen molar-refractivity contribution >= 4 is 44.6 Å². The first-order chi connectivity index (χ1) is 16.2. The van der Waals surface area contributed by atoms with Crippen molar-refractivity contribution in [2.24, 2.45) is 0 Å². The van der Waals surface area contributed by atoms with Gasteiger partial charge in [0, 0.05) is 7.11 Å². The number of ether oxygens (including phenoxy) is 3. The Morgan fingerprint density at radius 3 is 2.31 bits per heavy atom. The third-order valence-corrected chi connectivity index (χ3v) is 5.81. The van der Waals surface area contributed by atoms with E-state index in [9.17, 15) is 27.9 Å². The highest BCUT2D eigenvalue weighted by Gasteiger charge is 2.34. The minimum atomic E-state index is -4.55. The molecule has 0 radical (unpaired) electrons. The molecule has 1 heterocycles. The standard InChI is InChI=1S/C21H25BrF3N3O6S/c1-20(2,3)34-18(29)27-14(10-28(19(30)31)17-26-9-15(22)35-17)16(33-11-32-4)12-5-7-13(8-6-12)21(23,24)25/h5-9,14,16H,10-11H2,1-4H3,(H,27,29)(H,30,31)/t14-,16+/m1/s1. The summed E-state index contributed by atoms with van der Waals surface area (Å²) in [5, 5.41) is 12.5. The Morgan fingerprint density at radius 1 is 1.23 bits per heavy atom. The summed E-state index contributed by atoms with van der Waals surface area (Å²) in [5.74, 6) is 0. The highest BCUT2D eigenvalue weighted by Crippen LogP contribution is 2.32. The molecule has 0 bridgehead atoms. The quantitative estimate of drug-likeness (QED) is 0.366. The molecule has 0 unspecified atom stereocenters. The van der Waals surface area contributed by atoms with Crippen LogP contribution in [0.5, 0.6) is 0 Å². The normalized spacial score (nSPS) is 13.7. The topological polar surface area (TPSA) is 110 Å². The molecule has 194 valence electrons. The summed E-state index contributed by atoms with van der Waals surface area (Å²) in [6.07, 6.45) is -6.46. The van der Waals surface area contributed by atoms with Crippen molar-refractivity contribution in [3.8, 4) is 0 Å². The van der Waals surface area contributed by atoms with Gasteiger partial charge in [-0.05, 0) is 54.4 Å². The van der Waals surface area contributed by atoms with E-state index in [4.69, 9.17) is 14.2 Å². The molecule has 1 aromatic heterocycles. The molecule has 9 nitrogen and oxygen atoms in total. The number of halogens is 4. The molecule has 0 saturated carbocycles. The first-order valence-corrected chi connectivity index (χ1v) is 11.7. The van der Waals surface area contributed by atoms with E-state index in [2.05, 4.69) is 26.2 Å². The number of aromatic nitrogens is 1. The Hall–Kier alpha value is -2.42. The van der Waals surface area contributed by atoms with E-state index in [0.29, 0.717) is 3.79 Å². The van der Waals surface area contributed by atoms with Gasteiger partial charge in [0.15, 0.2) is 5.13 Å². The highest BCUT2D eigenvalue weighted by molar-refractivity contribution is 9.11. The number of anilines is 1. The summed E-state index contributed by atoms with van der Waals surface area (Å²) in [5.41, 5.74) is -1.48. The van der Waals surface area contributed by atoms with Crippen molar-refractivity contribution in [2.45, 2.75) is 44.7 Å². The number of alkyl halides is 3. The number of thiazole rings is 1. The second-order valence-electron chi connectivity index (χ2n) is 8.21. The first kappa shape index (κ1) is 28.8. The summed E-state index contributed by atoms with van der Waals surface area (Å²) in [4.78, 5) is 29.6. The monoisotopic (exact) mass is 583 g/mol. The van der Waals surface area contributed by atoms with Crippen LogP contribution in [-0.4, -0.2) is 54.4 Å². The van der Waals surface area contributed by atoms with E-state index >= 15 is 0 Å². The number of nitrogens with zero attached hydrogens (tertiary/aromatic N) is 2. The number of alkyl carbamates (subject to hydrolysis) is 1. The van der Waals surface area contributed by atoms with Gasteiger partial charge in [-0.3, -0.25) is 4.90 Å². The predicted octanol–water partition coefficient (Wildman–Crippen LogP) is 5.66. The molecule has 0 fully saturated rings. The maximum atomic E-state index is 13.1. The number of hydrogen-bond acceptors (Lipinski definition) is 7. The summed E-state index contributed by atoms with van der Waals surface area (Å²) >= 11 is 4.27. The molecule has 35 heavy (non-hydrogen) atoms. The molecule has 1 aromatic carbocycles. The summed E-state index contributed by atoms with van der Waals surface area (Å²) in [6, 6.07) is 3.03. The number of methoxy groups -OCH3 is 1. The van der Waals surface area contributed by atoms with Crippen molar-refractivity contribution in [1.29, 1.82) is 0 Å². The van der Waals surface area contributed by atoms with E-state index in [1.165, 1.54) is 25.4 Å². The number of carbonyl (C=O) groups excluding carboxylic acids is 1. The van der Waals surface area contributed by atoms with Crippen LogP contribution in [-0.2, 0) is 20.4 Å². The number of carboxylic acid groups (broad SMARTS) is 1. The molecule has 0 aliphatic carbocycles. The van der Waals surface area contributed by atoms with Crippen LogP contribution in [0.3, 0.4) is 0 Å². The molecular weight excluding hydrogens is 559 g/mol. The predicted molar refractivity (Wildman–Crippen MR) is 125 cm³/mol. The Morgan fingerprint density at radius 2 is 1.86 bits per heavy atom. The molecule has 14 heteroatoms. The third kappa shape index (κ3) is 8.94. The molecule has 2 aromatic rings. The fourth-order valence-electron chi connectivity index (χ4n) is 2.93. The van der Waals surface area contributed by atoms with E-state index in [-0.39, 0.29) is 24.0 Å². The van der Waals surface area contributed by atoms with Gasteiger partial charge in [0.1, 0.15) is 18.5 Å². The van der Waals surface area contributed by atoms with Crippen LogP contribution in [0.4, 0.5) is 27.9 Å². The number of hydrogen-bond donors (Lipinski definition) is 2. The lowest BCUT2D eigenvalue weighted by Crippen LogP contribution is -2.50. The highest BCUT2D eigenvalue weighted by atomic mass is 79.9. The number of benzene rings is 1. The Kier molecular flexibility index (Phi) is 9.89. The lowest BCUT2D eigenvalue weighted by Gasteiger charge is -2.32. The molecule has 2 rings (SSSR count). The van der Waals surface area contributed by atoms with E-state index in [0.717, 1.165) is 28.4 Å². The maximum absolute atomic E-state index is 13.1. The lowest BCUT2D eigenvalue weighted by atomic mass is 10.00. The van der Waals surface area contributed by atoms with Crippen LogP contribution in [0.15, 0.2) is 34.2 Å². The van der Waals surface area contributed by atoms with Gasteiger partial charge in [-0.25, -0.2) is 14.6 Å². The van der Waals surface area contributed by atoms with Gasteiger partial charge in [-0.1, -0.05) is 23.5 Å². The van der Waals surface area contributed by atoms with Gasteiger partial charge >= 0.3 is 18.4 Å². The minimum absolute atomic E-state index is 0.110. The van der Waals surface area contributed by atoms with Crippen LogP contribution in [0, 0.1) is 0 Å². The molecule has 0 aliphatic heterocycles. The Bertz CT molecular complexity index is 997. The average Bonchev–Trinajstić information content (AvgIpc) is 3.15. The lowest BCUT2D eigenvalue weighted by molar-refractivity contribution is -0.137. The van der Waals surface area contributed by atoms with Crippen LogP contribution in [0.1, 0.15) is 38.0 Å². The van der Waals surface area contributed by atoms with Gasteiger partial charge in [0.05, 0.1) is 28.1 Å². The fourth-order valence-corrected chi connectivity index (χ4v) is 4.11. The Balaban J connectivity index is 2.47. The molecule has 0 aliphatic rings. The zero-order valence-electron chi connectivity index (χ0n) is 19.3.